The van der Waals surface area contributed by atoms with Crippen molar-refractivity contribution in [1.29, 1.82) is 0 Å². The van der Waals surface area contributed by atoms with E-state index in [1.54, 1.807) is 23.0 Å². The van der Waals surface area contributed by atoms with Crippen LogP contribution < -0.4 is 0 Å². The van der Waals surface area contributed by atoms with Crippen molar-refractivity contribution in [2.24, 2.45) is 34.5 Å². The second-order valence-corrected chi connectivity index (χ2v) is 13.4. The molecule has 0 unspecified atom stereocenters. The van der Waals surface area contributed by atoms with Crippen LogP contribution in [0.15, 0.2) is 78.5 Å². The van der Waals surface area contributed by atoms with Gasteiger partial charge >= 0.3 is 0 Å². The number of benzene rings is 2. The zero-order chi connectivity index (χ0) is 28.4. The number of aromatic nitrogens is 2. The Bertz CT molecular complexity index is 1550. The van der Waals surface area contributed by atoms with Gasteiger partial charge in [0.05, 0.1) is 11.3 Å². The maximum absolute atomic E-state index is 14.5. The number of fused-ring (bicyclic) bond motifs is 5. The van der Waals surface area contributed by atoms with Gasteiger partial charge in [-0.1, -0.05) is 68.0 Å². The third-order valence-electron chi connectivity index (χ3n) is 11.5. The predicted molar refractivity (Wildman–Crippen MR) is 158 cm³/mol. The number of carbonyl (C=O) groups is 3. The van der Waals surface area contributed by atoms with Crippen molar-refractivity contribution in [3.05, 3.63) is 95.3 Å². The van der Waals surface area contributed by atoms with Crippen LogP contribution in [0, 0.1) is 34.5 Å². The van der Waals surface area contributed by atoms with Crippen LogP contribution in [0.25, 0.3) is 5.69 Å². The average molecular weight is 547 g/mol. The first kappa shape index (κ1) is 26.3. The van der Waals surface area contributed by atoms with Crippen molar-refractivity contribution >= 4 is 17.3 Å². The van der Waals surface area contributed by atoms with Crippen molar-refractivity contribution in [2.45, 2.75) is 65.2 Å². The van der Waals surface area contributed by atoms with E-state index in [1.165, 1.54) is 5.57 Å². The summed E-state index contributed by atoms with van der Waals surface area (Å²) < 4.78 is 1.69. The highest BCUT2D eigenvalue weighted by Crippen LogP contribution is 2.67. The van der Waals surface area contributed by atoms with E-state index >= 15 is 0 Å². The van der Waals surface area contributed by atoms with E-state index in [1.807, 2.05) is 54.6 Å². The molecule has 7 rings (SSSR count). The molecule has 3 fully saturated rings. The quantitative estimate of drug-likeness (QED) is 0.312. The highest BCUT2D eigenvalue weighted by Gasteiger charge is 2.60. The van der Waals surface area contributed by atoms with Gasteiger partial charge in [-0.25, -0.2) is 4.68 Å². The highest BCUT2D eigenvalue weighted by molar-refractivity contribution is 6.15. The van der Waals surface area contributed by atoms with Gasteiger partial charge in [0.2, 0.25) is 5.78 Å². The molecule has 0 aliphatic heterocycles. The Labute approximate surface area is 242 Å². The van der Waals surface area contributed by atoms with Gasteiger partial charge in [0, 0.05) is 24.1 Å². The molecule has 210 valence electrons. The molecular formula is C36H38N2O3. The molecule has 0 bridgehead atoms. The van der Waals surface area contributed by atoms with Crippen molar-refractivity contribution in [1.82, 2.24) is 9.78 Å². The molecule has 0 spiro atoms. The summed E-state index contributed by atoms with van der Waals surface area (Å²) in [5.74, 6) is 1.68. The van der Waals surface area contributed by atoms with Gasteiger partial charge in [0.1, 0.15) is 5.69 Å². The average Bonchev–Trinajstić information content (AvgIpc) is 3.60. The molecule has 3 saturated carbocycles. The molecule has 5 nitrogen and oxygen atoms in total. The Hall–Kier alpha value is -3.60. The number of nitrogens with zero attached hydrogens (tertiary/aromatic N) is 2. The Morgan fingerprint density at radius 3 is 2.34 bits per heavy atom. The second-order valence-electron chi connectivity index (χ2n) is 13.4. The second kappa shape index (κ2) is 9.75. The molecule has 4 aliphatic rings. The number of Topliss-reactive ketones (excluding diaryl/α,β-unsaturated/α-hetero) is 1. The van der Waals surface area contributed by atoms with Crippen LogP contribution in [0.5, 0.6) is 0 Å². The summed E-state index contributed by atoms with van der Waals surface area (Å²) in [7, 11) is 0. The van der Waals surface area contributed by atoms with Gasteiger partial charge in [-0.15, -0.1) is 0 Å². The lowest BCUT2D eigenvalue weighted by atomic mass is 9.46. The van der Waals surface area contributed by atoms with Gasteiger partial charge in [-0.3, -0.25) is 14.4 Å². The maximum atomic E-state index is 14.5. The molecule has 3 aromatic rings. The number of hydrogen-bond acceptors (Lipinski definition) is 4. The van der Waals surface area contributed by atoms with E-state index in [-0.39, 0.29) is 34.0 Å². The Morgan fingerprint density at radius 2 is 1.59 bits per heavy atom. The first-order valence-electron chi connectivity index (χ1n) is 15.3. The number of carbonyl (C=O) groups excluding carboxylic acids is 3. The van der Waals surface area contributed by atoms with Crippen LogP contribution in [0.1, 0.15) is 91.6 Å². The first-order valence-corrected chi connectivity index (χ1v) is 15.3. The van der Waals surface area contributed by atoms with Crippen molar-refractivity contribution in [3.8, 4) is 5.69 Å². The lowest BCUT2D eigenvalue weighted by Gasteiger charge is -2.58. The SMILES string of the molecule is C[C@]12CC[C@H]3[C@@H](CCC4=CC(=O)CC[C@@]43C)[C@@H]1CC[C@@H]2C(=O)c1cn(-c2ccccc2)nc1C(=O)c1ccccc1. The van der Waals surface area contributed by atoms with Crippen molar-refractivity contribution in [2.75, 3.05) is 0 Å². The Morgan fingerprint density at radius 1 is 0.854 bits per heavy atom. The van der Waals surface area contributed by atoms with E-state index < -0.39 is 0 Å². The number of ketones is 3. The smallest absolute Gasteiger partial charge is 0.213 e. The topological polar surface area (TPSA) is 69.0 Å². The molecule has 5 heteroatoms. The van der Waals surface area contributed by atoms with E-state index in [9.17, 15) is 14.4 Å². The molecule has 0 radical (unpaired) electrons. The standard InChI is InChI=1S/C36H38N2O3/c1-35-19-17-26(39)21-24(35)13-14-27-29-15-16-31(36(29,2)20-18-30(27)35)34(41)28-22-38(25-11-7-4-8-12-25)37-32(28)33(40)23-9-5-3-6-10-23/h3-12,21-22,27,29-31H,13-20H2,1-2H3/t27-,29-,30-,31+,35-,36-/m0/s1. The summed E-state index contributed by atoms with van der Waals surface area (Å²) >= 11 is 0. The molecule has 4 aliphatic carbocycles. The van der Waals surface area contributed by atoms with Gasteiger partial charge in [-0.2, -0.15) is 5.10 Å². The van der Waals surface area contributed by atoms with Gasteiger partial charge in [0.15, 0.2) is 11.6 Å². The summed E-state index contributed by atoms with van der Waals surface area (Å²) in [6.07, 6.45) is 11.5. The molecule has 1 aromatic heterocycles. The molecule has 0 N–H and O–H groups in total. The molecule has 2 aromatic carbocycles. The van der Waals surface area contributed by atoms with E-state index in [0.29, 0.717) is 41.1 Å². The van der Waals surface area contributed by atoms with E-state index in [2.05, 4.69) is 13.8 Å². The van der Waals surface area contributed by atoms with Gasteiger partial charge < -0.3 is 0 Å². The summed E-state index contributed by atoms with van der Waals surface area (Å²) in [6, 6.07) is 18.9. The number of allylic oxidation sites excluding steroid dienone is 1. The fourth-order valence-electron chi connectivity index (χ4n) is 9.34. The Balaban J connectivity index is 1.23. The fraction of sp³-hybridized carbons (Fsp3) is 0.444. The number of hydrogen-bond donors (Lipinski definition) is 0. The zero-order valence-corrected chi connectivity index (χ0v) is 24.0. The molecule has 0 amide bonds. The molecule has 1 heterocycles. The van der Waals surface area contributed by atoms with Crippen LogP contribution in [0.4, 0.5) is 0 Å². The van der Waals surface area contributed by atoms with Crippen molar-refractivity contribution in [3.63, 3.8) is 0 Å². The fourth-order valence-corrected chi connectivity index (χ4v) is 9.34. The van der Waals surface area contributed by atoms with E-state index in [4.69, 9.17) is 5.10 Å². The summed E-state index contributed by atoms with van der Waals surface area (Å²) in [4.78, 5) is 40.5. The van der Waals surface area contributed by atoms with Gasteiger partial charge in [-0.05, 0) is 91.7 Å². The molecule has 41 heavy (non-hydrogen) atoms. The van der Waals surface area contributed by atoms with E-state index in [0.717, 1.165) is 50.6 Å². The van der Waals surface area contributed by atoms with Crippen molar-refractivity contribution < 1.29 is 14.4 Å². The normalized spacial score (nSPS) is 32.4. The van der Waals surface area contributed by atoms with Crippen LogP contribution in [0.3, 0.4) is 0 Å². The lowest BCUT2D eigenvalue weighted by Crippen LogP contribution is -2.51. The third kappa shape index (κ3) is 4.11. The minimum absolute atomic E-state index is 0.0702. The summed E-state index contributed by atoms with van der Waals surface area (Å²) in [6.45, 7) is 4.75. The molecule has 0 saturated heterocycles. The van der Waals surface area contributed by atoms with Crippen LogP contribution in [-0.4, -0.2) is 27.1 Å². The number of para-hydroxylation sites is 1. The predicted octanol–water partition coefficient (Wildman–Crippen LogP) is 7.43. The van der Waals surface area contributed by atoms with Crippen LogP contribution in [0.2, 0.25) is 0 Å². The maximum Gasteiger partial charge on any atom is 0.213 e. The van der Waals surface area contributed by atoms with Crippen LogP contribution in [-0.2, 0) is 4.79 Å². The van der Waals surface area contributed by atoms with Gasteiger partial charge in [0.25, 0.3) is 0 Å². The summed E-state index contributed by atoms with van der Waals surface area (Å²) in [5.41, 5.74) is 3.47. The first-order chi connectivity index (χ1) is 19.8. The largest absolute Gasteiger partial charge is 0.295 e. The molecule has 6 atom stereocenters. The minimum Gasteiger partial charge on any atom is -0.295 e. The number of rotatable bonds is 5. The monoisotopic (exact) mass is 546 g/mol. The van der Waals surface area contributed by atoms with Crippen LogP contribution >= 0.6 is 0 Å². The summed E-state index contributed by atoms with van der Waals surface area (Å²) in [5, 5.41) is 4.71. The third-order valence-corrected chi connectivity index (χ3v) is 11.5. The Kier molecular flexibility index (Phi) is 6.26. The highest BCUT2D eigenvalue weighted by atomic mass is 16.1. The zero-order valence-electron chi connectivity index (χ0n) is 24.0. The molecular weight excluding hydrogens is 508 g/mol. The minimum atomic E-state index is -0.210. The lowest BCUT2D eigenvalue weighted by molar-refractivity contribution is -0.117.